The zero-order valence-electron chi connectivity index (χ0n) is 9.78. The van der Waals surface area contributed by atoms with Crippen LogP contribution in [0.4, 0.5) is 0 Å². The Balaban J connectivity index is 4.60. The molecule has 12 heavy (non-hydrogen) atoms. The van der Waals surface area contributed by atoms with Crippen LogP contribution in [0, 0.1) is 11.3 Å². The molecular weight excluding hydrogens is 144 g/mol. The van der Waals surface area contributed by atoms with Crippen LogP contribution in [0.2, 0.25) is 0 Å². The molecule has 0 aliphatic carbocycles. The standard InChI is InChI=1S/C12H24/c1-8-9(2)10(3)11(4)12(5,6)7/h11H,8H2,1-7H3/b10-9+/t11-/m0/s1. The Bertz CT molecular complexity index is 167. The maximum absolute atomic E-state index is 2.33. The Hall–Kier alpha value is -0.260. The summed E-state index contributed by atoms with van der Waals surface area (Å²) < 4.78 is 0. The molecule has 0 fully saturated rings. The summed E-state index contributed by atoms with van der Waals surface area (Å²) >= 11 is 0. The predicted octanol–water partition coefficient (Wildman–Crippen LogP) is 4.42. The van der Waals surface area contributed by atoms with Crippen molar-refractivity contribution >= 4 is 0 Å². The summed E-state index contributed by atoms with van der Waals surface area (Å²) in [7, 11) is 0. The molecule has 0 rings (SSSR count). The van der Waals surface area contributed by atoms with Crippen molar-refractivity contribution in [3.8, 4) is 0 Å². The van der Waals surface area contributed by atoms with Crippen LogP contribution < -0.4 is 0 Å². The van der Waals surface area contributed by atoms with Gasteiger partial charge in [-0.1, -0.05) is 45.8 Å². The van der Waals surface area contributed by atoms with Crippen LogP contribution in [0.3, 0.4) is 0 Å². The van der Waals surface area contributed by atoms with Crippen LogP contribution in [0.15, 0.2) is 11.1 Å². The van der Waals surface area contributed by atoms with Crippen molar-refractivity contribution in [2.45, 2.75) is 54.9 Å². The molecule has 0 bridgehead atoms. The summed E-state index contributed by atoms with van der Waals surface area (Å²) in [6.07, 6.45) is 1.19. The van der Waals surface area contributed by atoms with Gasteiger partial charge in [-0.3, -0.25) is 0 Å². The number of rotatable bonds is 2. The Labute approximate surface area is 78.1 Å². The minimum atomic E-state index is 0.403. The van der Waals surface area contributed by atoms with E-state index in [0.29, 0.717) is 11.3 Å². The average Bonchev–Trinajstić information content (AvgIpc) is 1.98. The third kappa shape index (κ3) is 3.00. The summed E-state index contributed by atoms with van der Waals surface area (Å²) in [5.74, 6) is 0.692. The van der Waals surface area contributed by atoms with Crippen molar-refractivity contribution in [1.82, 2.24) is 0 Å². The molecule has 0 saturated carbocycles. The third-order valence-corrected chi connectivity index (χ3v) is 3.15. The van der Waals surface area contributed by atoms with Gasteiger partial charge in [-0.2, -0.15) is 0 Å². The molecule has 0 N–H and O–H groups in total. The van der Waals surface area contributed by atoms with E-state index >= 15 is 0 Å². The molecule has 0 heteroatoms. The van der Waals surface area contributed by atoms with E-state index in [9.17, 15) is 0 Å². The summed E-state index contributed by atoms with van der Waals surface area (Å²) in [5.41, 5.74) is 3.53. The van der Waals surface area contributed by atoms with Gasteiger partial charge in [-0.05, 0) is 31.6 Å². The van der Waals surface area contributed by atoms with E-state index < -0.39 is 0 Å². The van der Waals surface area contributed by atoms with Crippen LogP contribution in [-0.4, -0.2) is 0 Å². The highest BCUT2D eigenvalue weighted by Gasteiger charge is 2.21. The first kappa shape index (κ1) is 11.7. The Morgan fingerprint density at radius 3 is 1.83 bits per heavy atom. The van der Waals surface area contributed by atoms with Crippen LogP contribution in [0.5, 0.6) is 0 Å². The van der Waals surface area contributed by atoms with E-state index in [2.05, 4.69) is 48.5 Å². The molecule has 0 unspecified atom stereocenters. The van der Waals surface area contributed by atoms with E-state index in [1.165, 1.54) is 6.42 Å². The lowest BCUT2D eigenvalue weighted by atomic mass is 9.76. The minimum Gasteiger partial charge on any atom is -0.0744 e. The number of hydrogen-bond donors (Lipinski definition) is 0. The van der Waals surface area contributed by atoms with Gasteiger partial charge in [-0.25, -0.2) is 0 Å². The molecule has 0 nitrogen and oxygen atoms in total. The van der Waals surface area contributed by atoms with E-state index in [-0.39, 0.29) is 0 Å². The van der Waals surface area contributed by atoms with E-state index in [1.807, 2.05) is 0 Å². The largest absolute Gasteiger partial charge is 0.0744 e. The average molecular weight is 168 g/mol. The van der Waals surface area contributed by atoms with Crippen molar-refractivity contribution in [3.63, 3.8) is 0 Å². The van der Waals surface area contributed by atoms with Gasteiger partial charge >= 0.3 is 0 Å². The molecule has 0 spiro atoms. The normalized spacial score (nSPS) is 17.2. The lowest BCUT2D eigenvalue weighted by Crippen LogP contribution is -2.18. The molecule has 0 aliphatic heterocycles. The molecule has 0 amide bonds. The van der Waals surface area contributed by atoms with Crippen molar-refractivity contribution in [2.75, 3.05) is 0 Å². The van der Waals surface area contributed by atoms with E-state index in [1.54, 1.807) is 11.1 Å². The molecule has 72 valence electrons. The van der Waals surface area contributed by atoms with Gasteiger partial charge in [0.25, 0.3) is 0 Å². The van der Waals surface area contributed by atoms with Crippen molar-refractivity contribution < 1.29 is 0 Å². The zero-order valence-corrected chi connectivity index (χ0v) is 9.78. The topological polar surface area (TPSA) is 0 Å². The second-order valence-electron chi connectivity index (χ2n) is 4.90. The predicted molar refractivity (Wildman–Crippen MR) is 57.3 cm³/mol. The third-order valence-electron chi connectivity index (χ3n) is 3.15. The maximum Gasteiger partial charge on any atom is -0.0183 e. The molecule has 0 heterocycles. The summed E-state index contributed by atoms with van der Waals surface area (Å²) in [6.45, 7) is 16.0. The Kier molecular flexibility index (Phi) is 4.02. The number of hydrogen-bond acceptors (Lipinski definition) is 0. The summed E-state index contributed by atoms with van der Waals surface area (Å²) in [4.78, 5) is 0. The first-order chi connectivity index (χ1) is 5.30. The fourth-order valence-electron chi connectivity index (χ4n) is 1.30. The molecule has 0 radical (unpaired) electrons. The first-order valence-corrected chi connectivity index (χ1v) is 4.97. The van der Waals surface area contributed by atoms with Crippen LogP contribution in [0.1, 0.15) is 54.9 Å². The Morgan fingerprint density at radius 2 is 1.58 bits per heavy atom. The molecule has 0 aromatic rings. The summed E-state index contributed by atoms with van der Waals surface area (Å²) in [5, 5.41) is 0. The quantitative estimate of drug-likeness (QED) is 0.536. The molecule has 0 aromatic carbocycles. The van der Waals surface area contributed by atoms with Gasteiger partial charge in [0.1, 0.15) is 0 Å². The smallest absolute Gasteiger partial charge is 0.0183 e. The van der Waals surface area contributed by atoms with E-state index in [4.69, 9.17) is 0 Å². The fourth-order valence-corrected chi connectivity index (χ4v) is 1.30. The van der Waals surface area contributed by atoms with Crippen molar-refractivity contribution in [1.29, 1.82) is 0 Å². The fraction of sp³-hybridized carbons (Fsp3) is 0.833. The van der Waals surface area contributed by atoms with Crippen LogP contribution >= 0.6 is 0 Å². The highest BCUT2D eigenvalue weighted by molar-refractivity contribution is 5.13. The lowest BCUT2D eigenvalue weighted by molar-refractivity contribution is 0.298. The summed E-state index contributed by atoms with van der Waals surface area (Å²) in [6, 6.07) is 0. The van der Waals surface area contributed by atoms with Crippen molar-refractivity contribution in [3.05, 3.63) is 11.1 Å². The molecule has 0 aliphatic rings. The highest BCUT2D eigenvalue weighted by Crippen LogP contribution is 2.33. The minimum absolute atomic E-state index is 0.403. The van der Waals surface area contributed by atoms with Crippen LogP contribution in [0.25, 0.3) is 0 Å². The van der Waals surface area contributed by atoms with E-state index in [0.717, 1.165) is 0 Å². The first-order valence-electron chi connectivity index (χ1n) is 4.97. The number of allylic oxidation sites excluding steroid dienone is 2. The zero-order chi connectivity index (χ0) is 9.94. The van der Waals surface area contributed by atoms with Crippen molar-refractivity contribution in [2.24, 2.45) is 11.3 Å². The van der Waals surface area contributed by atoms with Gasteiger partial charge in [-0.15, -0.1) is 0 Å². The monoisotopic (exact) mass is 168 g/mol. The molecule has 0 aromatic heterocycles. The molecule has 0 saturated heterocycles. The van der Waals surface area contributed by atoms with Gasteiger partial charge < -0.3 is 0 Å². The maximum atomic E-state index is 2.33. The van der Waals surface area contributed by atoms with Gasteiger partial charge in [0.2, 0.25) is 0 Å². The molecular formula is C12H24. The van der Waals surface area contributed by atoms with Gasteiger partial charge in [0.05, 0.1) is 0 Å². The SMILES string of the molecule is CC/C(C)=C(\C)[C@H](C)C(C)(C)C. The second kappa shape index (κ2) is 4.11. The van der Waals surface area contributed by atoms with Gasteiger partial charge in [0, 0.05) is 0 Å². The highest BCUT2D eigenvalue weighted by atomic mass is 14.3. The second-order valence-corrected chi connectivity index (χ2v) is 4.90. The van der Waals surface area contributed by atoms with Gasteiger partial charge in [0.15, 0.2) is 0 Å². The van der Waals surface area contributed by atoms with Crippen LogP contribution in [-0.2, 0) is 0 Å². The lowest BCUT2D eigenvalue weighted by Gasteiger charge is -2.29. The Morgan fingerprint density at radius 1 is 1.17 bits per heavy atom. The molecule has 1 atom stereocenters.